The number of hydrogen-bond acceptors (Lipinski definition) is 3. The number of thioether (sulfide) groups is 1. The Balaban J connectivity index is 2.62. The second-order valence-corrected chi connectivity index (χ2v) is 5.21. The molecule has 1 rings (SSSR count). The molecule has 0 radical (unpaired) electrons. The zero-order chi connectivity index (χ0) is 12.1. The molecule has 0 saturated carbocycles. The Morgan fingerprint density at radius 2 is 1.94 bits per heavy atom. The van der Waals surface area contributed by atoms with Crippen LogP contribution in [0.3, 0.4) is 0 Å². The fraction of sp³-hybridized carbons (Fsp3) is 0.417. The van der Waals surface area contributed by atoms with Crippen molar-refractivity contribution >= 4 is 17.7 Å². The maximum atomic E-state index is 11.6. The molecule has 16 heavy (non-hydrogen) atoms. The van der Waals surface area contributed by atoms with Gasteiger partial charge in [0.05, 0.1) is 11.9 Å². The van der Waals surface area contributed by atoms with Gasteiger partial charge < -0.3 is 10.0 Å². The van der Waals surface area contributed by atoms with Gasteiger partial charge >= 0.3 is 0 Å². The van der Waals surface area contributed by atoms with Gasteiger partial charge in [0.2, 0.25) is 5.91 Å². The standard InChI is InChI=1S/C12H17NO2S/c1-9(12(15)13(2)3)16-11-6-4-10(8-14)5-7-11/h4-7,9,14H,8H2,1-3H3. The van der Waals surface area contributed by atoms with Crippen molar-refractivity contribution in [3.05, 3.63) is 29.8 Å². The Morgan fingerprint density at radius 1 is 1.38 bits per heavy atom. The molecule has 0 aliphatic carbocycles. The number of rotatable bonds is 4. The Labute approximate surface area is 100 Å². The number of hydrogen-bond donors (Lipinski definition) is 1. The van der Waals surface area contributed by atoms with Crippen molar-refractivity contribution < 1.29 is 9.90 Å². The molecule has 0 fully saturated rings. The molecule has 3 nitrogen and oxygen atoms in total. The Bertz CT molecular complexity index is 349. The molecule has 0 bridgehead atoms. The van der Waals surface area contributed by atoms with Crippen LogP contribution < -0.4 is 0 Å². The quantitative estimate of drug-likeness (QED) is 0.814. The van der Waals surface area contributed by atoms with E-state index in [0.29, 0.717) is 0 Å². The van der Waals surface area contributed by atoms with Crippen molar-refractivity contribution in [2.75, 3.05) is 14.1 Å². The van der Waals surface area contributed by atoms with E-state index in [0.717, 1.165) is 10.5 Å². The maximum Gasteiger partial charge on any atom is 0.235 e. The third-order valence-corrected chi connectivity index (χ3v) is 3.31. The highest BCUT2D eigenvalue weighted by atomic mass is 32.2. The van der Waals surface area contributed by atoms with E-state index in [9.17, 15) is 4.79 Å². The largest absolute Gasteiger partial charge is 0.392 e. The van der Waals surface area contributed by atoms with E-state index < -0.39 is 0 Å². The van der Waals surface area contributed by atoms with Crippen LogP contribution in [0.25, 0.3) is 0 Å². The van der Waals surface area contributed by atoms with Crippen molar-refractivity contribution in [2.24, 2.45) is 0 Å². The number of benzene rings is 1. The molecule has 0 spiro atoms. The summed E-state index contributed by atoms with van der Waals surface area (Å²) in [5.74, 6) is 0.108. The molecular formula is C12H17NO2S. The first-order chi connectivity index (χ1) is 7.54. The lowest BCUT2D eigenvalue weighted by atomic mass is 10.2. The molecule has 1 unspecified atom stereocenters. The van der Waals surface area contributed by atoms with E-state index in [2.05, 4.69) is 0 Å². The molecule has 88 valence electrons. The summed E-state index contributed by atoms with van der Waals surface area (Å²) in [5, 5.41) is 8.82. The van der Waals surface area contributed by atoms with Crippen LogP contribution in [0.2, 0.25) is 0 Å². The van der Waals surface area contributed by atoms with Crippen LogP contribution in [0.4, 0.5) is 0 Å². The lowest BCUT2D eigenvalue weighted by Crippen LogP contribution is -2.29. The van der Waals surface area contributed by atoms with E-state index in [-0.39, 0.29) is 17.8 Å². The molecule has 1 atom stereocenters. The van der Waals surface area contributed by atoms with Crippen molar-refractivity contribution in [1.29, 1.82) is 0 Å². The molecule has 0 saturated heterocycles. The number of nitrogens with zero attached hydrogens (tertiary/aromatic N) is 1. The highest BCUT2D eigenvalue weighted by molar-refractivity contribution is 8.00. The molecule has 4 heteroatoms. The molecule has 0 heterocycles. The molecule has 1 amide bonds. The first-order valence-electron chi connectivity index (χ1n) is 5.12. The summed E-state index contributed by atoms with van der Waals surface area (Å²) in [6.45, 7) is 1.95. The second kappa shape index (κ2) is 5.92. The summed E-state index contributed by atoms with van der Waals surface area (Å²) < 4.78 is 0. The highest BCUT2D eigenvalue weighted by Crippen LogP contribution is 2.24. The van der Waals surface area contributed by atoms with Gasteiger partial charge in [-0.1, -0.05) is 12.1 Å². The first-order valence-corrected chi connectivity index (χ1v) is 6.00. The molecular weight excluding hydrogens is 222 g/mol. The zero-order valence-corrected chi connectivity index (χ0v) is 10.6. The predicted octanol–water partition coefficient (Wildman–Crippen LogP) is 1.75. The molecule has 0 aromatic heterocycles. The smallest absolute Gasteiger partial charge is 0.235 e. The minimum absolute atomic E-state index is 0.0527. The minimum Gasteiger partial charge on any atom is -0.392 e. The summed E-state index contributed by atoms with van der Waals surface area (Å²) in [4.78, 5) is 14.3. The Morgan fingerprint density at radius 3 is 2.38 bits per heavy atom. The lowest BCUT2D eigenvalue weighted by molar-refractivity contribution is -0.127. The first kappa shape index (κ1) is 13.1. The summed E-state index contributed by atoms with van der Waals surface area (Å²) in [5.41, 5.74) is 0.885. The van der Waals surface area contributed by atoms with Crippen molar-refractivity contribution in [1.82, 2.24) is 4.90 Å². The van der Waals surface area contributed by atoms with Crippen molar-refractivity contribution in [2.45, 2.75) is 23.7 Å². The van der Waals surface area contributed by atoms with Gasteiger partial charge in [0.25, 0.3) is 0 Å². The monoisotopic (exact) mass is 239 g/mol. The lowest BCUT2D eigenvalue weighted by Gasteiger charge is -2.16. The van der Waals surface area contributed by atoms with Gasteiger partial charge in [0.1, 0.15) is 0 Å². The fourth-order valence-electron chi connectivity index (χ4n) is 1.29. The van der Waals surface area contributed by atoms with Crippen LogP contribution in [0.5, 0.6) is 0 Å². The van der Waals surface area contributed by atoms with Crippen LogP contribution in [0.1, 0.15) is 12.5 Å². The van der Waals surface area contributed by atoms with Crippen LogP contribution in [-0.2, 0) is 11.4 Å². The third kappa shape index (κ3) is 3.54. The SMILES string of the molecule is CC(Sc1ccc(CO)cc1)C(=O)N(C)C. The minimum atomic E-state index is -0.0880. The van der Waals surface area contributed by atoms with E-state index in [1.54, 1.807) is 19.0 Å². The van der Waals surface area contributed by atoms with Crippen LogP contribution in [0, 0.1) is 0 Å². The van der Waals surface area contributed by atoms with Gasteiger partial charge in [0.15, 0.2) is 0 Å². The number of amides is 1. The summed E-state index contributed by atoms with van der Waals surface area (Å²) in [6.07, 6.45) is 0. The van der Waals surface area contributed by atoms with Crippen LogP contribution in [-0.4, -0.2) is 35.3 Å². The molecule has 1 aromatic carbocycles. The van der Waals surface area contributed by atoms with Crippen molar-refractivity contribution in [3.8, 4) is 0 Å². The normalized spacial score (nSPS) is 12.2. The van der Waals surface area contributed by atoms with E-state index in [1.807, 2.05) is 31.2 Å². The Hall–Kier alpha value is -1.00. The average Bonchev–Trinajstić information content (AvgIpc) is 2.28. The van der Waals surface area contributed by atoms with Crippen molar-refractivity contribution in [3.63, 3.8) is 0 Å². The predicted molar refractivity (Wildman–Crippen MR) is 66.4 cm³/mol. The number of carbonyl (C=O) groups is 1. The third-order valence-electron chi connectivity index (χ3n) is 2.21. The fourth-order valence-corrected chi connectivity index (χ4v) is 2.30. The van der Waals surface area contributed by atoms with E-state index in [4.69, 9.17) is 5.11 Å². The highest BCUT2D eigenvalue weighted by Gasteiger charge is 2.15. The summed E-state index contributed by atoms with van der Waals surface area (Å²) in [7, 11) is 3.52. The van der Waals surface area contributed by atoms with Gasteiger partial charge in [-0.25, -0.2) is 0 Å². The maximum absolute atomic E-state index is 11.6. The average molecular weight is 239 g/mol. The molecule has 0 aliphatic heterocycles. The molecule has 0 aliphatic rings. The van der Waals surface area contributed by atoms with Crippen LogP contribution in [0.15, 0.2) is 29.2 Å². The number of aliphatic hydroxyl groups is 1. The van der Waals surface area contributed by atoms with Gasteiger partial charge in [0, 0.05) is 19.0 Å². The number of aliphatic hydroxyl groups excluding tert-OH is 1. The van der Waals surface area contributed by atoms with Gasteiger partial charge in [-0.3, -0.25) is 4.79 Å². The molecule has 1 aromatic rings. The summed E-state index contributed by atoms with van der Waals surface area (Å²) in [6, 6.07) is 7.59. The molecule has 1 N–H and O–H groups in total. The van der Waals surface area contributed by atoms with Gasteiger partial charge in [-0.2, -0.15) is 0 Å². The summed E-state index contributed by atoms with van der Waals surface area (Å²) >= 11 is 1.53. The van der Waals surface area contributed by atoms with E-state index >= 15 is 0 Å². The zero-order valence-electron chi connectivity index (χ0n) is 9.80. The Kier molecular flexibility index (Phi) is 4.83. The topological polar surface area (TPSA) is 40.5 Å². The second-order valence-electron chi connectivity index (χ2n) is 3.79. The van der Waals surface area contributed by atoms with Gasteiger partial charge in [-0.05, 0) is 24.6 Å². The van der Waals surface area contributed by atoms with E-state index in [1.165, 1.54) is 11.8 Å². The number of carbonyl (C=O) groups excluding carboxylic acids is 1. The van der Waals surface area contributed by atoms with Crippen LogP contribution >= 0.6 is 11.8 Å². The van der Waals surface area contributed by atoms with Gasteiger partial charge in [-0.15, -0.1) is 11.8 Å².